The van der Waals surface area contributed by atoms with E-state index in [0.29, 0.717) is 0 Å². The highest BCUT2D eigenvalue weighted by Crippen LogP contribution is 2.28. The van der Waals surface area contributed by atoms with Gasteiger partial charge in [-0.25, -0.2) is 9.67 Å². The highest BCUT2D eigenvalue weighted by molar-refractivity contribution is 8.00. The average molecular weight is 357 g/mol. The number of nitrogens with zero attached hydrogens (tertiary/aromatic N) is 4. The number of hydrogen-bond donors (Lipinski definition) is 1. The third-order valence-corrected chi connectivity index (χ3v) is 5.09. The summed E-state index contributed by atoms with van der Waals surface area (Å²) in [6.07, 6.45) is 1.70. The van der Waals surface area contributed by atoms with Crippen LogP contribution in [0.2, 0.25) is 0 Å². The van der Waals surface area contributed by atoms with E-state index in [4.69, 9.17) is 0 Å². The second kappa shape index (κ2) is 7.31. The van der Waals surface area contributed by atoms with Crippen molar-refractivity contribution < 1.29 is 4.79 Å². The Morgan fingerprint density at radius 2 is 2.00 bits per heavy atom. The second-order valence-corrected chi connectivity index (χ2v) is 7.44. The molecule has 25 heavy (non-hydrogen) atoms. The molecule has 2 aromatic heterocycles. The maximum absolute atomic E-state index is 12.6. The summed E-state index contributed by atoms with van der Waals surface area (Å²) in [7, 11) is 0. The maximum Gasteiger partial charge on any atom is 0.238 e. The molecule has 0 aliphatic rings. The molecule has 0 aliphatic heterocycles. The topological polar surface area (TPSA) is 64.7 Å². The summed E-state index contributed by atoms with van der Waals surface area (Å²) in [6.45, 7) is 8.87. The molecule has 3 aromatic rings. The molecule has 1 amide bonds. The van der Waals surface area contributed by atoms with Crippen molar-refractivity contribution in [3.8, 4) is 0 Å². The van der Waals surface area contributed by atoms with Crippen molar-refractivity contribution in [2.75, 3.05) is 5.32 Å². The third-order valence-electron chi connectivity index (χ3n) is 4.00. The number of carbonyl (C=O) groups excluding carboxylic acids is 1. The first kappa shape index (κ1) is 17.5. The Hall–Kier alpha value is -2.28. The minimum Gasteiger partial charge on any atom is -0.319 e. The summed E-state index contributed by atoms with van der Waals surface area (Å²) in [5, 5.41) is 7.81. The van der Waals surface area contributed by atoms with Gasteiger partial charge in [0, 0.05) is 18.7 Å². The number of fused-ring (bicyclic) bond motifs is 1. The molecule has 1 unspecified atom stereocenters. The van der Waals surface area contributed by atoms with Gasteiger partial charge >= 0.3 is 0 Å². The van der Waals surface area contributed by atoms with E-state index >= 15 is 0 Å². The van der Waals surface area contributed by atoms with Gasteiger partial charge in [-0.05, 0) is 39.8 Å². The summed E-state index contributed by atoms with van der Waals surface area (Å²) in [4.78, 5) is 17.3. The number of thioether (sulfide) groups is 1. The average Bonchev–Trinajstić information content (AvgIpc) is 3.18. The van der Waals surface area contributed by atoms with Crippen LogP contribution in [0.15, 0.2) is 41.7 Å². The van der Waals surface area contributed by atoms with E-state index in [1.807, 2.05) is 45.0 Å². The van der Waals surface area contributed by atoms with Gasteiger partial charge in [0.1, 0.15) is 5.82 Å². The predicted molar refractivity (Wildman–Crippen MR) is 102 cm³/mol. The molecule has 2 heterocycles. The Labute approximate surface area is 151 Å². The zero-order valence-electron chi connectivity index (χ0n) is 14.9. The molecule has 6 nitrogen and oxygen atoms in total. The van der Waals surface area contributed by atoms with Crippen LogP contribution in [0.1, 0.15) is 33.7 Å². The lowest BCUT2D eigenvalue weighted by Gasteiger charge is -2.15. The number of imidazole rings is 1. The van der Waals surface area contributed by atoms with Crippen molar-refractivity contribution in [3.63, 3.8) is 0 Å². The van der Waals surface area contributed by atoms with E-state index in [1.54, 1.807) is 10.9 Å². The number of anilines is 1. The predicted octanol–water partition coefficient (Wildman–Crippen LogP) is 3.95. The minimum atomic E-state index is -0.266. The van der Waals surface area contributed by atoms with E-state index in [0.717, 1.165) is 28.6 Å². The number of aryl methyl sites for hydroxylation is 1. The molecular formula is C18H23N5OS. The molecule has 0 radical (unpaired) electrons. The van der Waals surface area contributed by atoms with Gasteiger partial charge in [-0.1, -0.05) is 23.9 Å². The lowest BCUT2D eigenvalue weighted by molar-refractivity contribution is -0.115. The Bertz CT molecular complexity index is 883. The Morgan fingerprint density at radius 3 is 2.72 bits per heavy atom. The van der Waals surface area contributed by atoms with Crippen LogP contribution in [0.25, 0.3) is 11.0 Å². The van der Waals surface area contributed by atoms with Crippen LogP contribution in [-0.2, 0) is 11.3 Å². The third kappa shape index (κ3) is 3.56. The molecule has 0 spiro atoms. The zero-order chi connectivity index (χ0) is 18.0. The van der Waals surface area contributed by atoms with Crippen LogP contribution in [0.5, 0.6) is 0 Å². The van der Waals surface area contributed by atoms with Crippen LogP contribution in [0.4, 0.5) is 5.82 Å². The Balaban J connectivity index is 1.76. The van der Waals surface area contributed by atoms with Gasteiger partial charge in [-0.15, -0.1) is 0 Å². The van der Waals surface area contributed by atoms with Gasteiger partial charge in [0.15, 0.2) is 5.16 Å². The molecule has 1 atom stereocenters. The largest absolute Gasteiger partial charge is 0.319 e. The van der Waals surface area contributed by atoms with Crippen molar-refractivity contribution in [1.29, 1.82) is 0 Å². The molecule has 1 aromatic carbocycles. The van der Waals surface area contributed by atoms with Gasteiger partial charge < -0.3 is 9.88 Å². The molecule has 0 aliphatic carbocycles. The molecule has 0 bridgehead atoms. The van der Waals surface area contributed by atoms with E-state index in [-0.39, 0.29) is 17.2 Å². The summed E-state index contributed by atoms with van der Waals surface area (Å²) in [6, 6.07) is 10.1. The number of aromatic nitrogens is 4. The van der Waals surface area contributed by atoms with E-state index in [2.05, 4.69) is 33.0 Å². The first-order valence-electron chi connectivity index (χ1n) is 8.47. The Morgan fingerprint density at radius 1 is 1.24 bits per heavy atom. The number of benzene rings is 1. The highest BCUT2D eigenvalue weighted by Gasteiger charge is 2.20. The highest BCUT2D eigenvalue weighted by atomic mass is 32.2. The quantitative estimate of drug-likeness (QED) is 0.678. The van der Waals surface area contributed by atoms with Gasteiger partial charge in [0.2, 0.25) is 5.91 Å². The first-order valence-corrected chi connectivity index (χ1v) is 9.35. The minimum absolute atomic E-state index is 0.0536. The normalized spacial score (nSPS) is 12.7. The molecule has 0 saturated carbocycles. The summed E-state index contributed by atoms with van der Waals surface area (Å²) in [5.74, 6) is 0.665. The molecule has 3 rings (SSSR count). The van der Waals surface area contributed by atoms with Gasteiger partial charge in [0.25, 0.3) is 0 Å². The fourth-order valence-electron chi connectivity index (χ4n) is 2.71. The van der Waals surface area contributed by atoms with Gasteiger partial charge in [-0.2, -0.15) is 5.10 Å². The summed E-state index contributed by atoms with van der Waals surface area (Å²) >= 11 is 1.47. The van der Waals surface area contributed by atoms with Crippen LogP contribution >= 0.6 is 11.8 Å². The standard InChI is InChI=1S/C18H23N5OS/c1-5-22-15-9-7-6-8-14(15)20-18(22)25-13(4)17(24)21-16-10-11-19-23(16)12(2)3/h6-13H,5H2,1-4H3,(H,21,24). The van der Waals surface area contributed by atoms with Crippen LogP contribution < -0.4 is 5.32 Å². The number of rotatable bonds is 6. The smallest absolute Gasteiger partial charge is 0.238 e. The molecule has 0 fully saturated rings. The number of carbonyl (C=O) groups is 1. The molecule has 132 valence electrons. The number of hydrogen-bond acceptors (Lipinski definition) is 4. The number of nitrogens with one attached hydrogen (secondary N) is 1. The fourth-order valence-corrected chi connectivity index (χ4v) is 3.70. The van der Waals surface area contributed by atoms with E-state index in [1.165, 1.54) is 11.8 Å². The molecule has 7 heteroatoms. The molecular weight excluding hydrogens is 334 g/mol. The van der Waals surface area contributed by atoms with Crippen molar-refractivity contribution in [2.45, 2.75) is 50.7 Å². The maximum atomic E-state index is 12.6. The van der Waals surface area contributed by atoms with Crippen LogP contribution in [-0.4, -0.2) is 30.5 Å². The van der Waals surface area contributed by atoms with Gasteiger partial charge in [0.05, 0.1) is 22.5 Å². The first-order chi connectivity index (χ1) is 12.0. The van der Waals surface area contributed by atoms with Crippen LogP contribution in [0.3, 0.4) is 0 Å². The van der Waals surface area contributed by atoms with Crippen LogP contribution in [0, 0.1) is 0 Å². The van der Waals surface area contributed by atoms with Crippen molar-refractivity contribution in [1.82, 2.24) is 19.3 Å². The number of amides is 1. The molecule has 0 saturated heterocycles. The zero-order valence-corrected chi connectivity index (χ0v) is 15.7. The van der Waals surface area contributed by atoms with Crippen molar-refractivity contribution in [3.05, 3.63) is 36.5 Å². The van der Waals surface area contributed by atoms with Crippen molar-refractivity contribution in [2.24, 2.45) is 0 Å². The van der Waals surface area contributed by atoms with Crippen molar-refractivity contribution >= 4 is 34.5 Å². The lowest BCUT2D eigenvalue weighted by atomic mass is 10.3. The summed E-state index contributed by atoms with van der Waals surface area (Å²) in [5.41, 5.74) is 2.05. The van der Waals surface area contributed by atoms with E-state index in [9.17, 15) is 4.79 Å². The SMILES string of the molecule is CCn1c(SC(C)C(=O)Nc2ccnn2C(C)C)nc2ccccc21. The Kier molecular flexibility index (Phi) is 5.13. The van der Waals surface area contributed by atoms with E-state index < -0.39 is 0 Å². The monoisotopic (exact) mass is 357 g/mol. The lowest BCUT2D eigenvalue weighted by Crippen LogP contribution is -2.25. The molecule has 1 N–H and O–H groups in total. The van der Waals surface area contributed by atoms with Gasteiger partial charge in [-0.3, -0.25) is 4.79 Å². The fraction of sp³-hybridized carbons (Fsp3) is 0.389. The number of para-hydroxylation sites is 2. The second-order valence-electron chi connectivity index (χ2n) is 6.13. The summed E-state index contributed by atoms with van der Waals surface area (Å²) < 4.78 is 3.94.